The highest BCUT2D eigenvalue weighted by Gasteiger charge is 2.10. The summed E-state index contributed by atoms with van der Waals surface area (Å²) in [5, 5.41) is 2.96. The zero-order chi connectivity index (χ0) is 13.1. The summed E-state index contributed by atoms with van der Waals surface area (Å²) in [6.45, 7) is 0. The third kappa shape index (κ3) is 2.88. The van der Waals surface area contributed by atoms with Crippen molar-refractivity contribution in [3.05, 3.63) is 39.7 Å². The smallest absolute Gasteiger partial charge is 0.238 e. The minimum Gasteiger partial charge on any atom is -0.436 e. The van der Waals surface area contributed by atoms with Crippen molar-refractivity contribution >= 4 is 33.5 Å². The average molecular weight is 333 g/mol. The third-order valence-electron chi connectivity index (χ3n) is 2.04. The van der Waals surface area contributed by atoms with Crippen LogP contribution in [0.15, 0.2) is 28.9 Å². The maximum atomic E-state index is 12.9. The lowest BCUT2D eigenvalue weighted by Crippen LogP contribution is -1.98. The highest BCUT2D eigenvalue weighted by molar-refractivity contribution is 9.10. The van der Waals surface area contributed by atoms with Gasteiger partial charge in [-0.2, -0.15) is 4.98 Å². The minimum atomic E-state index is -0.426. The number of rotatable bonds is 3. The number of aromatic nitrogens is 2. The Labute approximate surface area is 116 Å². The van der Waals surface area contributed by atoms with Gasteiger partial charge >= 0.3 is 0 Å². The molecule has 0 amide bonds. The normalized spacial score (nSPS) is 10.2. The molecule has 1 N–H and O–H groups in total. The summed E-state index contributed by atoms with van der Waals surface area (Å²) in [6, 6.07) is 3.87. The summed E-state index contributed by atoms with van der Waals surface area (Å²) in [6.07, 6.45) is 1.55. The molecule has 0 aliphatic carbocycles. The zero-order valence-electron chi connectivity index (χ0n) is 9.25. The van der Waals surface area contributed by atoms with Gasteiger partial charge in [0.25, 0.3) is 0 Å². The number of ether oxygens (including phenoxy) is 1. The zero-order valence-corrected chi connectivity index (χ0v) is 11.6. The van der Waals surface area contributed by atoms with Gasteiger partial charge in [-0.1, -0.05) is 11.6 Å². The van der Waals surface area contributed by atoms with E-state index in [1.54, 1.807) is 13.2 Å². The molecule has 18 heavy (non-hydrogen) atoms. The van der Waals surface area contributed by atoms with Crippen LogP contribution in [0.25, 0.3) is 0 Å². The number of hydrogen-bond donors (Lipinski definition) is 1. The van der Waals surface area contributed by atoms with Crippen LogP contribution in [-0.2, 0) is 0 Å². The minimum absolute atomic E-state index is 0.173. The van der Waals surface area contributed by atoms with Gasteiger partial charge in [-0.3, -0.25) is 0 Å². The van der Waals surface area contributed by atoms with Crippen molar-refractivity contribution in [3.8, 4) is 11.6 Å². The lowest BCUT2D eigenvalue weighted by atomic mass is 10.3. The molecule has 0 aliphatic heterocycles. The molecule has 7 heteroatoms. The van der Waals surface area contributed by atoms with E-state index in [1.807, 2.05) is 0 Å². The van der Waals surface area contributed by atoms with Gasteiger partial charge in [0.05, 0.1) is 15.7 Å². The molecule has 1 aromatic carbocycles. The Hall–Kier alpha value is -1.40. The van der Waals surface area contributed by atoms with E-state index in [2.05, 4.69) is 31.2 Å². The van der Waals surface area contributed by atoms with E-state index in [9.17, 15) is 4.39 Å². The number of nitrogens with one attached hydrogen (secondary N) is 1. The van der Waals surface area contributed by atoms with Crippen LogP contribution in [0, 0.1) is 5.82 Å². The molecular formula is C11H8BrClFN3O. The summed E-state index contributed by atoms with van der Waals surface area (Å²) >= 11 is 9.13. The Morgan fingerprint density at radius 2 is 2.22 bits per heavy atom. The molecular weight excluding hydrogens is 324 g/mol. The summed E-state index contributed by atoms with van der Waals surface area (Å²) in [5.41, 5.74) is 0. The molecule has 94 valence electrons. The third-order valence-corrected chi connectivity index (χ3v) is 2.88. The second-order valence-electron chi connectivity index (χ2n) is 3.27. The molecule has 0 fully saturated rings. The molecule has 0 aliphatic rings. The number of benzene rings is 1. The molecule has 1 aromatic heterocycles. The van der Waals surface area contributed by atoms with E-state index in [1.165, 1.54) is 18.2 Å². The fraction of sp³-hybridized carbons (Fsp3) is 0.0909. The maximum absolute atomic E-state index is 12.9. The monoisotopic (exact) mass is 331 g/mol. The molecule has 2 rings (SSSR count). The summed E-state index contributed by atoms with van der Waals surface area (Å²) in [4.78, 5) is 8.10. The SMILES string of the molecule is CNc1ncc(Br)c(Oc2ccc(F)cc2Cl)n1. The van der Waals surface area contributed by atoms with Gasteiger partial charge in [-0.25, -0.2) is 9.37 Å². The number of halogens is 3. The summed E-state index contributed by atoms with van der Waals surface area (Å²) in [7, 11) is 1.69. The molecule has 0 bridgehead atoms. The van der Waals surface area contributed by atoms with Gasteiger partial charge in [0.1, 0.15) is 11.6 Å². The molecule has 1 heterocycles. The van der Waals surface area contributed by atoms with Gasteiger partial charge in [-0.15, -0.1) is 0 Å². The van der Waals surface area contributed by atoms with Gasteiger partial charge in [0.15, 0.2) is 0 Å². The predicted molar refractivity (Wildman–Crippen MR) is 70.8 cm³/mol. The van der Waals surface area contributed by atoms with Crippen LogP contribution in [0.1, 0.15) is 0 Å². The second-order valence-corrected chi connectivity index (χ2v) is 4.54. The van der Waals surface area contributed by atoms with Crippen LogP contribution in [0.3, 0.4) is 0 Å². The summed E-state index contributed by atoms with van der Waals surface area (Å²) in [5.74, 6) is 0.596. The molecule has 0 saturated carbocycles. The lowest BCUT2D eigenvalue weighted by Gasteiger charge is -2.09. The van der Waals surface area contributed by atoms with E-state index < -0.39 is 5.82 Å². The van der Waals surface area contributed by atoms with E-state index in [0.29, 0.717) is 22.1 Å². The Morgan fingerprint density at radius 1 is 1.44 bits per heavy atom. The van der Waals surface area contributed by atoms with Crippen molar-refractivity contribution in [1.82, 2.24) is 9.97 Å². The Morgan fingerprint density at radius 3 is 2.89 bits per heavy atom. The molecule has 0 atom stereocenters. The molecule has 0 saturated heterocycles. The fourth-order valence-corrected chi connectivity index (χ4v) is 1.68. The first-order valence-electron chi connectivity index (χ1n) is 4.93. The lowest BCUT2D eigenvalue weighted by molar-refractivity contribution is 0.457. The van der Waals surface area contributed by atoms with Crippen molar-refractivity contribution < 1.29 is 9.13 Å². The quantitative estimate of drug-likeness (QED) is 0.927. The van der Waals surface area contributed by atoms with Gasteiger partial charge in [-0.05, 0) is 34.1 Å². The number of anilines is 1. The molecule has 2 aromatic rings. The van der Waals surface area contributed by atoms with Crippen molar-refractivity contribution in [3.63, 3.8) is 0 Å². The van der Waals surface area contributed by atoms with Crippen molar-refractivity contribution in [2.75, 3.05) is 12.4 Å². The average Bonchev–Trinajstić information content (AvgIpc) is 2.35. The van der Waals surface area contributed by atoms with Crippen molar-refractivity contribution in [2.45, 2.75) is 0 Å². The van der Waals surface area contributed by atoms with Crippen LogP contribution in [0.5, 0.6) is 11.6 Å². The fourth-order valence-electron chi connectivity index (χ4n) is 1.21. The number of nitrogens with zero attached hydrogens (tertiary/aromatic N) is 2. The predicted octanol–water partition coefficient (Wildman–Crippen LogP) is 3.87. The largest absolute Gasteiger partial charge is 0.436 e. The highest BCUT2D eigenvalue weighted by Crippen LogP contribution is 2.32. The molecule has 0 spiro atoms. The van der Waals surface area contributed by atoms with Crippen LogP contribution >= 0.6 is 27.5 Å². The second kappa shape index (κ2) is 5.49. The van der Waals surface area contributed by atoms with Crippen molar-refractivity contribution in [2.24, 2.45) is 0 Å². The Bertz CT molecular complexity index is 582. The van der Waals surface area contributed by atoms with E-state index in [4.69, 9.17) is 16.3 Å². The molecule has 4 nitrogen and oxygen atoms in total. The molecule has 0 unspecified atom stereocenters. The Balaban J connectivity index is 2.33. The van der Waals surface area contributed by atoms with Crippen LogP contribution in [-0.4, -0.2) is 17.0 Å². The topological polar surface area (TPSA) is 47.0 Å². The molecule has 0 radical (unpaired) electrons. The van der Waals surface area contributed by atoms with E-state index in [0.717, 1.165) is 0 Å². The summed E-state index contributed by atoms with van der Waals surface area (Å²) < 4.78 is 19.0. The van der Waals surface area contributed by atoms with Gasteiger partial charge in [0, 0.05) is 7.05 Å². The van der Waals surface area contributed by atoms with Gasteiger partial charge < -0.3 is 10.1 Å². The van der Waals surface area contributed by atoms with Crippen LogP contribution in [0.4, 0.5) is 10.3 Å². The number of hydrogen-bond acceptors (Lipinski definition) is 4. The van der Waals surface area contributed by atoms with Crippen LogP contribution in [0.2, 0.25) is 5.02 Å². The van der Waals surface area contributed by atoms with Crippen molar-refractivity contribution in [1.29, 1.82) is 0 Å². The first kappa shape index (κ1) is 13.0. The van der Waals surface area contributed by atoms with E-state index >= 15 is 0 Å². The Kier molecular flexibility index (Phi) is 3.98. The maximum Gasteiger partial charge on any atom is 0.238 e. The first-order valence-corrected chi connectivity index (χ1v) is 6.10. The first-order chi connectivity index (χ1) is 8.60. The highest BCUT2D eigenvalue weighted by atomic mass is 79.9. The van der Waals surface area contributed by atoms with E-state index in [-0.39, 0.29) is 5.02 Å². The standard InChI is InChI=1S/C11H8BrClFN3O/c1-15-11-16-5-7(12)10(17-11)18-9-3-2-6(14)4-8(9)13/h2-5H,1H3,(H,15,16,17). The van der Waals surface area contributed by atoms with Crippen LogP contribution < -0.4 is 10.1 Å². The van der Waals surface area contributed by atoms with Gasteiger partial charge in [0.2, 0.25) is 11.8 Å².